The topological polar surface area (TPSA) is 88.2 Å². The fourth-order valence-electron chi connectivity index (χ4n) is 2.47. The van der Waals surface area contributed by atoms with Gasteiger partial charge in [-0.3, -0.25) is 4.79 Å². The molecule has 0 saturated heterocycles. The highest BCUT2D eigenvalue weighted by atomic mass is 16.5. The summed E-state index contributed by atoms with van der Waals surface area (Å²) in [6, 6.07) is 16.9. The molecule has 0 saturated carbocycles. The van der Waals surface area contributed by atoms with Crippen LogP contribution >= 0.6 is 0 Å². The van der Waals surface area contributed by atoms with Gasteiger partial charge in [0.25, 0.3) is 0 Å². The Labute approximate surface area is 157 Å². The number of benzene rings is 2. The maximum atomic E-state index is 11.2. The van der Waals surface area contributed by atoms with Gasteiger partial charge < -0.3 is 20.7 Å². The van der Waals surface area contributed by atoms with Crippen molar-refractivity contribution in [3.63, 3.8) is 0 Å². The zero-order valence-corrected chi connectivity index (χ0v) is 15.2. The van der Waals surface area contributed by atoms with Gasteiger partial charge in [-0.25, -0.2) is 9.97 Å². The van der Waals surface area contributed by atoms with Crippen molar-refractivity contribution in [3.8, 4) is 5.75 Å². The van der Waals surface area contributed by atoms with E-state index >= 15 is 0 Å². The summed E-state index contributed by atoms with van der Waals surface area (Å²) in [6.07, 6.45) is 1.48. The van der Waals surface area contributed by atoms with Gasteiger partial charge in [0, 0.05) is 30.1 Å². The van der Waals surface area contributed by atoms with Crippen LogP contribution in [0, 0.1) is 0 Å². The Kier molecular flexibility index (Phi) is 5.84. The minimum atomic E-state index is -0.115. The number of carbonyl (C=O) groups excluding carboxylic acids is 1. The Hall–Kier alpha value is -3.61. The van der Waals surface area contributed by atoms with E-state index < -0.39 is 0 Å². The summed E-state index contributed by atoms with van der Waals surface area (Å²) in [7, 11) is 0. The number of hydrogen-bond acceptors (Lipinski definition) is 6. The Morgan fingerprint density at radius 2 is 1.59 bits per heavy atom. The van der Waals surface area contributed by atoms with E-state index in [1.165, 1.54) is 13.3 Å². The minimum absolute atomic E-state index is 0.115. The van der Waals surface area contributed by atoms with Crippen LogP contribution in [0.3, 0.4) is 0 Å². The van der Waals surface area contributed by atoms with Gasteiger partial charge in [-0.2, -0.15) is 0 Å². The Morgan fingerprint density at radius 1 is 0.926 bits per heavy atom. The van der Waals surface area contributed by atoms with Crippen molar-refractivity contribution in [2.45, 2.75) is 13.8 Å². The van der Waals surface area contributed by atoms with Crippen molar-refractivity contribution in [3.05, 3.63) is 60.9 Å². The number of hydrogen-bond donors (Lipinski definition) is 3. The molecule has 1 amide bonds. The third-order valence-corrected chi connectivity index (χ3v) is 3.56. The molecule has 0 unspecified atom stereocenters. The molecule has 0 radical (unpaired) electrons. The van der Waals surface area contributed by atoms with Crippen LogP contribution in [0.5, 0.6) is 5.75 Å². The molecule has 0 atom stereocenters. The third-order valence-electron chi connectivity index (χ3n) is 3.56. The highest BCUT2D eigenvalue weighted by Crippen LogP contribution is 2.22. The van der Waals surface area contributed by atoms with Crippen molar-refractivity contribution < 1.29 is 9.53 Å². The van der Waals surface area contributed by atoms with Crippen LogP contribution in [0.25, 0.3) is 0 Å². The second kappa shape index (κ2) is 8.66. The molecule has 1 heterocycles. The van der Waals surface area contributed by atoms with Crippen LogP contribution in [0.15, 0.2) is 60.9 Å². The van der Waals surface area contributed by atoms with Gasteiger partial charge in [0.05, 0.1) is 6.61 Å². The zero-order valence-electron chi connectivity index (χ0n) is 15.2. The maximum Gasteiger partial charge on any atom is 0.221 e. The smallest absolute Gasteiger partial charge is 0.221 e. The first kappa shape index (κ1) is 18.2. The largest absolute Gasteiger partial charge is 0.494 e. The summed E-state index contributed by atoms with van der Waals surface area (Å²) in [5, 5.41) is 9.19. The lowest BCUT2D eigenvalue weighted by atomic mass is 10.2. The number of carbonyl (C=O) groups is 1. The first-order valence-corrected chi connectivity index (χ1v) is 8.59. The molecular weight excluding hydrogens is 342 g/mol. The number of ether oxygens (including phenoxy) is 1. The lowest BCUT2D eigenvalue weighted by molar-refractivity contribution is -0.114. The number of rotatable bonds is 7. The SMILES string of the molecule is CCOc1ccc(Nc2cc(Nc3cccc(NC(C)=O)c3)ncn2)cc1. The molecular formula is C20H21N5O2. The maximum absolute atomic E-state index is 11.2. The number of amides is 1. The fraction of sp³-hybridized carbons (Fsp3) is 0.150. The van der Waals surface area contributed by atoms with Crippen molar-refractivity contribution in [1.29, 1.82) is 0 Å². The van der Waals surface area contributed by atoms with Crippen LogP contribution in [0.1, 0.15) is 13.8 Å². The molecule has 0 aliphatic rings. The molecule has 1 aromatic heterocycles. The van der Waals surface area contributed by atoms with E-state index in [0.29, 0.717) is 23.9 Å². The Balaban J connectivity index is 1.69. The summed E-state index contributed by atoms with van der Waals surface area (Å²) in [4.78, 5) is 19.7. The quantitative estimate of drug-likeness (QED) is 0.579. The average Bonchev–Trinajstić information content (AvgIpc) is 2.64. The number of anilines is 5. The van der Waals surface area contributed by atoms with E-state index in [9.17, 15) is 4.79 Å². The van der Waals surface area contributed by atoms with Crippen molar-refractivity contribution >= 4 is 34.6 Å². The highest BCUT2D eigenvalue weighted by molar-refractivity contribution is 5.89. The molecule has 3 rings (SSSR count). The van der Waals surface area contributed by atoms with Crippen molar-refractivity contribution in [1.82, 2.24) is 9.97 Å². The molecule has 0 bridgehead atoms. The van der Waals surface area contributed by atoms with Gasteiger partial charge in [-0.1, -0.05) is 6.07 Å². The fourth-order valence-corrected chi connectivity index (χ4v) is 2.47. The second-order valence-corrected chi connectivity index (χ2v) is 5.76. The van der Waals surface area contributed by atoms with Gasteiger partial charge in [-0.15, -0.1) is 0 Å². The highest BCUT2D eigenvalue weighted by Gasteiger charge is 2.03. The van der Waals surface area contributed by atoms with Gasteiger partial charge in [-0.05, 0) is 49.4 Å². The van der Waals surface area contributed by atoms with Crippen LogP contribution in [0.4, 0.5) is 28.7 Å². The molecule has 0 aliphatic carbocycles. The molecule has 0 fully saturated rings. The molecule has 7 nitrogen and oxygen atoms in total. The lowest BCUT2D eigenvalue weighted by Gasteiger charge is -2.10. The van der Waals surface area contributed by atoms with Gasteiger partial charge in [0.1, 0.15) is 23.7 Å². The van der Waals surface area contributed by atoms with Crippen molar-refractivity contribution in [2.75, 3.05) is 22.6 Å². The van der Waals surface area contributed by atoms with Crippen LogP contribution in [-0.2, 0) is 4.79 Å². The van der Waals surface area contributed by atoms with E-state index in [0.717, 1.165) is 17.1 Å². The minimum Gasteiger partial charge on any atom is -0.494 e. The molecule has 27 heavy (non-hydrogen) atoms. The summed E-state index contributed by atoms with van der Waals surface area (Å²) in [5.74, 6) is 2.01. The predicted octanol–water partition coefficient (Wildman–Crippen LogP) is 4.32. The van der Waals surface area contributed by atoms with Gasteiger partial charge >= 0.3 is 0 Å². The molecule has 0 spiro atoms. The Morgan fingerprint density at radius 3 is 2.26 bits per heavy atom. The summed E-state index contributed by atoms with van der Waals surface area (Å²) in [6.45, 7) is 4.06. The van der Waals surface area contributed by atoms with Gasteiger partial charge in [0.15, 0.2) is 0 Å². The van der Waals surface area contributed by atoms with Crippen LogP contribution < -0.4 is 20.7 Å². The van der Waals surface area contributed by atoms with E-state index in [-0.39, 0.29) is 5.91 Å². The predicted molar refractivity (Wildman–Crippen MR) is 107 cm³/mol. The number of aromatic nitrogens is 2. The lowest BCUT2D eigenvalue weighted by Crippen LogP contribution is -2.06. The van der Waals surface area contributed by atoms with E-state index in [2.05, 4.69) is 25.9 Å². The summed E-state index contributed by atoms with van der Waals surface area (Å²) >= 11 is 0. The third kappa shape index (κ3) is 5.43. The average molecular weight is 363 g/mol. The van der Waals surface area contributed by atoms with E-state index in [4.69, 9.17) is 4.74 Å². The monoisotopic (exact) mass is 363 g/mol. The normalized spacial score (nSPS) is 10.1. The molecule has 138 valence electrons. The molecule has 7 heteroatoms. The summed E-state index contributed by atoms with van der Waals surface area (Å²) in [5.41, 5.74) is 2.43. The number of nitrogens with zero attached hydrogens (tertiary/aromatic N) is 2. The zero-order chi connectivity index (χ0) is 19.1. The standard InChI is InChI=1S/C20H21N5O2/c1-3-27-18-9-7-15(8-10-18)24-19-12-20(22-13-21-19)25-17-6-4-5-16(11-17)23-14(2)26/h4-13H,3H2,1-2H3,(H,23,26)(H2,21,22,24,25). The first-order valence-electron chi connectivity index (χ1n) is 8.59. The first-order chi connectivity index (χ1) is 13.1. The van der Waals surface area contributed by atoms with E-state index in [1.807, 2.05) is 61.5 Å². The second-order valence-electron chi connectivity index (χ2n) is 5.76. The molecule has 3 aromatic rings. The molecule has 0 aliphatic heterocycles. The van der Waals surface area contributed by atoms with Crippen LogP contribution in [-0.4, -0.2) is 22.5 Å². The number of nitrogens with one attached hydrogen (secondary N) is 3. The molecule has 3 N–H and O–H groups in total. The van der Waals surface area contributed by atoms with Crippen molar-refractivity contribution in [2.24, 2.45) is 0 Å². The summed E-state index contributed by atoms with van der Waals surface area (Å²) < 4.78 is 5.44. The molecule has 2 aromatic carbocycles. The Bertz CT molecular complexity index is 912. The van der Waals surface area contributed by atoms with E-state index in [1.54, 1.807) is 0 Å². The van der Waals surface area contributed by atoms with Gasteiger partial charge in [0.2, 0.25) is 5.91 Å². The van der Waals surface area contributed by atoms with Crippen LogP contribution in [0.2, 0.25) is 0 Å².